The normalized spacial score (nSPS) is 10.1. The van der Waals surface area contributed by atoms with Crippen LogP contribution >= 0.6 is 0 Å². The molecule has 0 aromatic heterocycles. The van der Waals surface area contributed by atoms with Crippen molar-refractivity contribution in [1.29, 1.82) is 0 Å². The largest absolute Gasteiger partial charge is 0.497 e. The Morgan fingerprint density at radius 3 is 2.65 bits per heavy atom. The van der Waals surface area contributed by atoms with E-state index in [-0.39, 0.29) is 12.6 Å². The van der Waals surface area contributed by atoms with E-state index < -0.39 is 0 Å². The number of carbonyl (C=O) groups is 1. The van der Waals surface area contributed by atoms with Gasteiger partial charge in [-0.3, -0.25) is 0 Å². The fourth-order valence-electron chi connectivity index (χ4n) is 2.64. The molecule has 0 bridgehead atoms. The van der Waals surface area contributed by atoms with Gasteiger partial charge in [0.2, 0.25) is 0 Å². The number of benzene rings is 2. The third kappa shape index (κ3) is 8.29. The number of nitrogens with zero attached hydrogens (tertiary/aromatic N) is 1. The number of hydrogen-bond acceptors (Lipinski definition) is 4. The maximum absolute atomic E-state index is 12.9. The van der Waals surface area contributed by atoms with Crippen LogP contribution in [0.3, 0.4) is 0 Å². The molecule has 0 radical (unpaired) electrons. The van der Waals surface area contributed by atoms with Crippen molar-refractivity contribution in [2.45, 2.75) is 6.54 Å². The molecule has 6 nitrogen and oxygen atoms in total. The predicted octanol–water partition coefficient (Wildman–Crippen LogP) is 4.50. The van der Waals surface area contributed by atoms with Gasteiger partial charge in [-0.25, -0.2) is 4.79 Å². The second-order valence-corrected chi connectivity index (χ2v) is 6.38. The molecular formula is C25H28N2O4. The molecule has 0 atom stereocenters. The zero-order valence-corrected chi connectivity index (χ0v) is 18.0. The van der Waals surface area contributed by atoms with E-state index in [4.69, 9.17) is 14.2 Å². The highest BCUT2D eigenvalue weighted by Gasteiger charge is 2.16. The van der Waals surface area contributed by atoms with Gasteiger partial charge in [0, 0.05) is 17.3 Å². The van der Waals surface area contributed by atoms with Gasteiger partial charge in [-0.05, 0) is 30.3 Å². The smallest absolute Gasteiger partial charge is 0.322 e. The SMILES string of the molecule is C=CCOC/C=C/C#CCN(Cc1ccc(OC)cc1OC)C(=O)Nc1ccccc1. The van der Waals surface area contributed by atoms with E-state index in [0.717, 1.165) is 5.56 Å². The summed E-state index contributed by atoms with van der Waals surface area (Å²) in [4.78, 5) is 14.5. The van der Waals surface area contributed by atoms with E-state index in [1.54, 1.807) is 37.3 Å². The van der Waals surface area contributed by atoms with Crippen molar-refractivity contribution in [3.8, 4) is 23.3 Å². The standard InChI is InChI=1S/C25H28N2O4/c1-4-17-31-18-11-6-5-10-16-27(25(28)26-22-12-8-7-9-13-22)20-21-14-15-23(29-2)19-24(21)30-3/h4,6-9,11-15,19H,1,16-18,20H2,2-3H3,(H,26,28)/b11-6+. The van der Waals surface area contributed by atoms with Gasteiger partial charge in [0.25, 0.3) is 0 Å². The van der Waals surface area contributed by atoms with Crippen LogP contribution in [0.5, 0.6) is 11.5 Å². The van der Waals surface area contributed by atoms with Crippen LogP contribution in [0.15, 0.2) is 73.3 Å². The maximum atomic E-state index is 12.9. The minimum atomic E-state index is -0.253. The van der Waals surface area contributed by atoms with E-state index in [1.165, 1.54) is 0 Å². The topological polar surface area (TPSA) is 60.0 Å². The third-order valence-corrected chi connectivity index (χ3v) is 4.19. The lowest BCUT2D eigenvalue weighted by Crippen LogP contribution is -2.35. The Hall–Kier alpha value is -3.69. The van der Waals surface area contributed by atoms with E-state index in [9.17, 15) is 4.79 Å². The van der Waals surface area contributed by atoms with Gasteiger partial charge in [0.1, 0.15) is 11.5 Å². The number of para-hydroxylation sites is 1. The summed E-state index contributed by atoms with van der Waals surface area (Å²) in [6.45, 7) is 5.12. The van der Waals surface area contributed by atoms with Crippen LogP contribution in [0.25, 0.3) is 0 Å². The van der Waals surface area contributed by atoms with E-state index in [1.807, 2.05) is 48.5 Å². The number of urea groups is 1. The molecule has 0 aliphatic heterocycles. The van der Waals surface area contributed by atoms with Crippen LogP contribution in [0, 0.1) is 11.8 Å². The average Bonchev–Trinajstić information content (AvgIpc) is 2.80. The molecule has 31 heavy (non-hydrogen) atoms. The predicted molar refractivity (Wildman–Crippen MR) is 123 cm³/mol. The van der Waals surface area contributed by atoms with Crippen molar-refractivity contribution < 1.29 is 19.0 Å². The molecule has 6 heteroatoms. The summed E-state index contributed by atoms with van der Waals surface area (Å²) in [6.07, 6.45) is 5.22. The molecule has 2 amide bonds. The van der Waals surface area contributed by atoms with Gasteiger partial charge in [0.15, 0.2) is 0 Å². The van der Waals surface area contributed by atoms with Crippen LogP contribution in [-0.2, 0) is 11.3 Å². The second-order valence-electron chi connectivity index (χ2n) is 6.38. The summed E-state index contributed by atoms with van der Waals surface area (Å²) in [5.41, 5.74) is 1.56. The highest BCUT2D eigenvalue weighted by Crippen LogP contribution is 2.26. The number of rotatable bonds is 10. The summed E-state index contributed by atoms with van der Waals surface area (Å²) < 4.78 is 16.0. The minimum Gasteiger partial charge on any atom is -0.497 e. The lowest BCUT2D eigenvalue weighted by Gasteiger charge is -2.22. The molecule has 2 aromatic carbocycles. The number of ether oxygens (including phenoxy) is 3. The first kappa shape index (κ1) is 23.6. The van der Waals surface area contributed by atoms with Gasteiger partial charge in [-0.1, -0.05) is 42.2 Å². The van der Waals surface area contributed by atoms with Gasteiger partial charge < -0.3 is 24.4 Å². The van der Waals surface area contributed by atoms with Crippen LogP contribution in [0.1, 0.15) is 5.56 Å². The molecule has 0 fully saturated rings. The molecule has 0 heterocycles. The number of carbonyl (C=O) groups excluding carboxylic acids is 1. The highest BCUT2D eigenvalue weighted by molar-refractivity contribution is 5.89. The van der Waals surface area contributed by atoms with Crippen molar-refractivity contribution in [3.63, 3.8) is 0 Å². The van der Waals surface area contributed by atoms with Gasteiger partial charge in [0.05, 0.1) is 40.5 Å². The van der Waals surface area contributed by atoms with Crippen LogP contribution in [-0.4, -0.2) is 44.9 Å². The third-order valence-electron chi connectivity index (χ3n) is 4.19. The van der Waals surface area contributed by atoms with Crippen molar-refractivity contribution in [2.24, 2.45) is 0 Å². The summed E-state index contributed by atoms with van der Waals surface area (Å²) >= 11 is 0. The van der Waals surface area contributed by atoms with Crippen molar-refractivity contribution >= 4 is 11.7 Å². The summed E-state index contributed by atoms with van der Waals surface area (Å²) in [5.74, 6) is 7.27. The number of anilines is 1. The second kappa shape index (κ2) is 13.5. The zero-order valence-electron chi connectivity index (χ0n) is 18.0. The van der Waals surface area contributed by atoms with E-state index in [0.29, 0.717) is 36.9 Å². The van der Waals surface area contributed by atoms with Gasteiger partial charge in [-0.15, -0.1) is 6.58 Å². The van der Waals surface area contributed by atoms with Crippen LogP contribution < -0.4 is 14.8 Å². The van der Waals surface area contributed by atoms with Crippen LogP contribution in [0.4, 0.5) is 10.5 Å². The highest BCUT2D eigenvalue weighted by atomic mass is 16.5. The fraction of sp³-hybridized carbons (Fsp3) is 0.240. The molecule has 2 aromatic rings. The first-order valence-electron chi connectivity index (χ1n) is 9.81. The molecule has 162 valence electrons. The maximum Gasteiger partial charge on any atom is 0.322 e. The first-order valence-corrected chi connectivity index (χ1v) is 9.81. The number of methoxy groups -OCH3 is 2. The lowest BCUT2D eigenvalue weighted by atomic mass is 10.1. The molecular weight excluding hydrogens is 392 g/mol. The number of amides is 2. The summed E-state index contributed by atoms with van der Waals surface area (Å²) in [6, 6.07) is 14.6. The quantitative estimate of drug-likeness (QED) is 0.349. The molecule has 0 aliphatic rings. The van der Waals surface area contributed by atoms with Crippen molar-refractivity contribution in [2.75, 3.05) is 39.3 Å². The Kier molecular flexibility index (Phi) is 10.3. The zero-order chi connectivity index (χ0) is 22.3. The number of nitrogens with one attached hydrogen (secondary N) is 1. The Labute approximate surface area is 184 Å². The molecule has 0 aliphatic carbocycles. The lowest BCUT2D eigenvalue weighted by molar-refractivity contribution is 0.194. The Balaban J connectivity index is 2.12. The number of allylic oxidation sites excluding steroid dienone is 1. The molecule has 0 saturated heterocycles. The molecule has 0 spiro atoms. The minimum absolute atomic E-state index is 0.242. The van der Waals surface area contributed by atoms with Gasteiger partial charge >= 0.3 is 6.03 Å². The monoisotopic (exact) mass is 420 g/mol. The average molecular weight is 421 g/mol. The molecule has 1 N–H and O–H groups in total. The first-order chi connectivity index (χ1) is 15.2. The Bertz CT molecular complexity index is 930. The summed E-state index contributed by atoms with van der Waals surface area (Å²) in [5, 5.41) is 2.90. The summed E-state index contributed by atoms with van der Waals surface area (Å²) in [7, 11) is 3.19. The fourth-order valence-corrected chi connectivity index (χ4v) is 2.64. The Morgan fingerprint density at radius 1 is 1.13 bits per heavy atom. The van der Waals surface area contributed by atoms with Gasteiger partial charge in [-0.2, -0.15) is 0 Å². The molecule has 0 unspecified atom stereocenters. The van der Waals surface area contributed by atoms with Crippen molar-refractivity contribution in [3.05, 3.63) is 78.9 Å². The van der Waals surface area contributed by atoms with Crippen molar-refractivity contribution in [1.82, 2.24) is 4.90 Å². The van der Waals surface area contributed by atoms with E-state index >= 15 is 0 Å². The molecule has 0 saturated carbocycles. The van der Waals surface area contributed by atoms with Crippen LogP contribution in [0.2, 0.25) is 0 Å². The number of hydrogen-bond donors (Lipinski definition) is 1. The van der Waals surface area contributed by atoms with E-state index in [2.05, 4.69) is 23.7 Å². The Morgan fingerprint density at radius 2 is 1.94 bits per heavy atom. The molecule has 2 rings (SSSR count).